The molecule has 1 aliphatic rings. The molecule has 9 heteroatoms. The second kappa shape index (κ2) is 7.56. The Morgan fingerprint density at radius 3 is 2.45 bits per heavy atom. The maximum Gasteiger partial charge on any atom is 0.331 e. The van der Waals surface area contributed by atoms with Gasteiger partial charge in [0, 0.05) is 26.2 Å². The lowest BCUT2D eigenvalue weighted by molar-refractivity contribution is 0.0463. The quantitative estimate of drug-likeness (QED) is 0.465. The Morgan fingerprint density at radius 1 is 1.03 bits per heavy atom. The van der Waals surface area contributed by atoms with Gasteiger partial charge in [-0.05, 0) is 48.0 Å². The molecule has 1 unspecified atom stereocenters. The third kappa shape index (κ3) is 3.04. The number of aromatic hydroxyl groups is 2. The van der Waals surface area contributed by atoms with Gasteiger partial charge in [-0.2, -0.15) is 0 Å². The maximum atomic E-state index is 13.4. The maximum absolute atomic E-state index is 13.4. The van der Waals surface area contributed by atoms with Crippen LogP contribution in [0.2, 0.25) is 0 Å². The van der Waals surface area contributed by atoms with Crippen molar-refractivity contribution in [3.8, 4) is 28.5 Å². The summed E-state index contributed by atoms with van der Waals surface area (Å²) in [5.41, 5.74) is 1.91. The average molecular weight is 449 g/mol. The van der Waals surface area contributed by atoms with Gasteiger partial charge in [-0.25, -0.2) is 4.79 Å². The SMILES string of the molecule is COc1ccc(-c2c3c(=O)n(C)c(=O)n(C)c3c3n2CCOC3c2cc(O)ccc2O)cc1. The first-order valence-electron chi connectivity index (χ1n) is 10.4. The van der Waals surface area contributed by atoms with E-state index in [9.17, 15) is 19.8 Å². The van der Waals surface area contributed by atoms with Crippen LogP contribution in [0.1, 0.15) is 17.4 Å². The second-order valence-corrected chi connectivity index (χ2v) is 8.04. The molecule has 0 amide bonds. The number of hydrogen-bond acceptors (Lipinski definition) is 6. The third-order valence-electron chi connectivity index (χ3n) is 6.21. The van der Waals surface area contributed by atoms with Crippen LogP contribution in [0.4, 0.5) is 0 Å². The van der Waals surface area contributed by atoms with Gasteiger partial charge in [0.25, 0.3) is 5.56 Å². The fourth-order valence-electron chi connectivity index (χ4n) is 4.62. The van der Waals surface area contributed by atoms with Gasteiger partial charge in [-0.15, -0.1) is 0 Å². The van der Waals surface area contributed by atoms with Crippen molar-refractivity contribution >= 4 is 10.9 Å². The number of rotatable bonds is 3. The molecule has 9 nitrogen and oxygen atoms in total. The van der Waals surface area contributed by atoms with Crippen LogP contribution in [0.5, 0.6) is 17.2 Å². The number of phenolic OH excluding ortho intramolecular Hbond substituents is 2. The van der Waals surface area contributed by atoms with Gasteiger partial charge < -0.3 is 24.3 Å². The molecule has 2 aromatic carbocycles. The molecule has 1 atom stereocenters. The van der Waals surface area contributed by atoms with Gasteiger partial charge in [-0.1, -0.05) is 0 Å². The van der Waals surface area contributed by atoms with E-state index in [0.29, 0.717) is 46.8 Å². The Balaban J connectivity index is 1.93. The summed E-state index contributed by atoms with van der Waals surface area (Å²) in [4.78, 5) is 26.2. The third-order valence-corrected chi connectivity index (χ3v) is 6.21. The van der Waals surface area contributed by atoms with Gasteiger partial charge in [-0.3, -0.25) is 13.9 Å². The Hall–Kier alpha value is -3.98. The molecule has 0 saturated carbocycles. The minimum absolute atomic E-state index is 0.0282. The van der Waals surface area contributed by atoms with Crippen molar-refractivity contribution in [2.75, 3.05) is 13.7 Å². The summed E-state index contributed by atoms with van der Waals surface area (Å²) in [6, 6.07) is 11.6. The molecule has 0 fully saturated rings. The number of fused-ring (bicyclic) bond motifs is 3. The number of nitrogens with zero attached hydrogens (tertiary/aromatic N) is 3. The Morgan fingerprint density at radius 2 is 1.76 bits per heavy atom. The van der Waals surface area contributed by atoms with E-state index in [-0.39, 0.29) is 11.5 Å². The van der Waals surface area contributed by atoms with Crippen LogP contribution in [0, 0.1) is 0 Å². The number of benzene rings is 2. The summed E-state index contributed by atoms with van der Waals surface area (Å²) >= 11 is 0. The molecule has 2 N–H and O–H groups in total. The summed E-state index contributed by atoms with van der Waals surface area (Å²) in [7, 11) is 4.64. The summed E-state index contributed by atoms with van der Waals surface area (Å²) in [5.74, 6) is 0.597. The van der Waals surface area contributed by atoms with Gasteiger partial charge in [0.2, 0.25) is 0 Å². The first-order valence-corrected chi connectivity index (χ1v) is 10.4. The fourth-order valence-corrected chi connectivity index (χ4v) is 4.62. The molecule has 0 saturated heterocycles. The van der Waals surface area contributed by atoms with Gasteiger partial charge >= 0.3 is 5.69 Å². The molecule has 4 aromatic rings. The van der Waals surface area contributed by atoms with Gasteiger partial charge in [0.15, 0.2) is 0 Å². The monoisotopic (exact) mass is 449 g/mol. The van der Waals surface area contributed by atoms with Crippen LogP contribution in [0.3, 0.4) is 0 Å². The number of hydrogen-bond donors (Lipinski definition) is 2. The molecule has 5 rings (SSSR count). The number of phenols is 2. The van der Waals surface area contributed by atoms with Crippen molar-refractivity contribution in [2.45, 2.75) is 12.6 Å². The van der Waals surface area contributed by atoms with E-state index in [1.807, 2.05) is 28.8 Å². The second-order valence-electron chi connectivity index (χ2n) is 8.04. The molecule has 2 aromatic heterocycles. The lowest BCUT2D eigenvalue weighted by atomic mass is 10.0. The van der Waals surface area contributed by atoms with E-state index in [0.717, 1.165) is 10.1 Å². The molecule has 0 bridgehead atoms. The molecule has 0 aliphatic carbocycles. The normalized spacial score (nSPS) is 15.5. The first-order chi connectivity index (χ1) is 15.8. The lowest BCUT2D eigenvalue weighted by Gasteiger charge is -2.28. The number of methoxy groups -OCH3 is 1. The topological polar surface area (TPSA) is 108 Å². The van der Waals surface area contributed by atoms with E-state index in [4.69, 9.17) is 9.47 Å². The van der Waals surface area contributed by atoms with Crippen LogP contribution in [0.25, 0.3) is 22.2 Å². The zero-order valence-corrected chi connectivity index (χ0v) is 18.4. The summed E-state index contributed by atoms with van der Waals surface area (Å²) in [6.45, 7) is 0.754. The number of ether oxygens (including phenoxy) is 2. The van der Waals surface area contributed by atoms with Crippen molar-refractivity contribution in [1.29, 1.82) is 0 Å². The average Bonchev–Trinajstić information content (AvgIpc) is 3.18. The lowest BCUT2D eigenvalue weighted by Crippen LogP contribution is -2.37. The van der Waals surface area contributed by atoms with Crippen LogP contribution in [0.15, 0.2) is 52.1 Å². The van der Waals surface area contributed by atoms with E-state index in [1.165, 1.54) is 29.8 Å². The molecule has 3 heterocycles. The summed E-state index contributed by atoms with van der Waals surface area (Å²) in [5, 5.41) is 21.0. The highest BCUT2D eigenvalue weighted by Crippen LogP contribution is 2.43. The van der Waals surface area contributed by atoms with E-state index >= 15 is 0 Å². The number of aryl methyl sites for hydroxylation is 1. The van der Waals surface area contributed by atoms with Crippen molar-refractivity contribution in [3.63, 3.8) is 0 Å². The van der Waals surface area contributed by atoms with E-state index < -0.39 is 17.4 Å². The highest BCUT2D eigenvalue weighted by atomic mass is 16.5. The standard InChI is InChI=1S/C24H23N3O6/c1-25-20-18(23(30)26(2)24(25)31)19(13-4-7-15(32-3)8-5-13)27-10-11-33-22(21(20)27)16-12-14(28)6-9-17(16)29/h4-9,12,22,28-29H,10-11H2,1-3H3. The van der Waals surface area contributed by atoms with Gasteiger partial charge in [0.05, 0.1) is 36.0 Å². The van der Waals surface area contributed by atoms with Crippen LogP contribution in [-0.2, 0) is 25.4 Å². The minimum Gasteiger partial charge on any atom is -0.508 e. The highest BCUT2D eigenvalue weighted by molar-refractivity contribution is 5.96. The highest BCUT2D eigenvalue weighted by Gasteiger charge is 2.34. The number of aromatic nitrogens is 3. The Labute approximate surface area is 188 Å². The zero-order valence-electron chi connectivity index (χ0n) is 18.4. The molecule has 33 heavy (non-hydrogen) atoms. The predicted octanol–water partition coefficient (Wildman–Crippen LogP) is 2.25. The molecule has 0 spiro atoms. The molecule has 0 radical (unpaired) electrons. The molecule has 170 valence electrons. The molecular weight excluding hydrogens is 426 g/mol. The van der Waals surface area contributed by atoms with Crippen molar-refractivity contribution < 1.29 is 19.7 Å². The predicted molar refractivity (Wildman–Crippen MR) is 122 cm³/mol. The smallest absolute Gasteiger partial charge is 0.331 e. The van der Waals surface area contributed by atoms with Crippen LogP contribution >= 0.6 is 0 Å². The van der Waals surface area contributed by atoms with Crippen LogP contribution in [-0.4, -0.2) is 37.6 Å². The largest absolute Gasteiger partial charge is 0.508 e. The van der Waals surface area contributed by atoms with Crippen molar-refractivity contribution in [3.05, 3.63) is 74.6 Å². The molecular formula is C24H23N3O6. The Kier molecular flexibility index (Phi) is 4.79. The van der Waals surface area contributed by atoms with E-state index in [1.54, 1.807) is 14.2 Å². The minimum atomic E-state index is -0.793. The summed E-state index contributed by atoms with van der Waals surface area (Å²) < 4.78 is 15.8. The first kappa shape index (κ1) is 20.9. The zero-order chi connectivity index (χ0) is 23.4. The van der Waals surface area contributed by atoms with E-state index in [2.05, 4.69) is 0 Å². The Bertz CT molecular complexity index is 1510. The molecule has 1 aliphatic heterocycles. The van der Waals surface area contributed by atoms with Crippen LogP contribution < -0.4 is 16.0 Å². The van der Waals surface area contributed by atoms with Crippen molar-refractivity contribution in [1.82, 2.24) is 13.7 Å². The fraction of sp³-hybridized carbons (Fsp3) is 0.250. The van der Waals surface area contributed by atoms with Gasteiger partial charge in [0.1, 0.15) is 23.4 Å². The van der Waals surface area contributed by atoms with Crippen molar-refractivity contribution in [2.24, 2.45) is 14.1 Å². The summed E-state index contributed by atoms with van der Waals surface area (Å²) in [6.07, 6.45) is -0.793.